The van der Waals surface area contributed by atoms with Crippen molar-refractivity contribution < 1.29 is 19.1 Å². The summed E-state index contributed by atoms with van der Waals surface area (Å²) in [5.41, 5.74) is 1.27. The van der Waals surface area contributed by atoms with Gasteiger partial charge in [0, 0.05) is 10.9 Å². The maximum absolute atomic E-state index is 12.1. The number of methoxy groups -OCH3 is 1. The standard InChI is InChI=1S/C18H15ClN2O4S2/c1-10(22)11-3-4-13(14(7-11)24-2)25-8-17(23)21-18-20-12(9-26-18)15-5-6-16(19)27-15/h3-7,9H,8H2,1-2H3,(H,20,21,23). The number of rotatable bonds is 7. The Balaban J connectivity index is 1.60. The van der Waals surface area contributed by atoms with Crippen LogP contribution < -0.4 is 14.8 Å². The highest BCUT2D eigenvalue weighted by Gasteiger charge is 2.13. The zero-order valence-corrected chi connectivity index (χ0v) is 16.8. The van der Waals surface area contributed by atoms with Crippen molar-refractivity contribution in [3.8, 4) is 22.1 Å². The number of thiazole rings is 1. The minimum absolute atomic E-state index is 0.0794. The van der Waals surface area contributed by atoms with Gasteiger partial charge in [-0.15, -0.1) is 22.7 Å². The molecule has 2 heterocycles. The first-order valence-electron chi connectivity index (χ1n) is 7.79. The second kappa shape index (κ2) is 8.51. The summed E-state index contributed by atoms with van der Waals surface area (Å²) in [6, 6.07) is 8.49. The molecule has 0 saturated heterocycles. The molecule has 3 rings (SSSR count). The molecule has 0 unspecified atom stereocenters. The number of hydrogen-bond acceptors (Lipinski definition) is 7. The fourth-order valence-corrected chi connectivity index (χ4v) is 4.01. The van der Waals surface area contributed by atoms with E-state index in [4.69, 9.17) is 21.1 Å². The highest BCUT2D eigenvalue weighted by atomic mass is 35.5. The highest BCUT2D eigenvalue weighted by Crippen LogP contribution is 2.33. The largest absolute Gasteiger partial charge is 0.493 e. The van der Waals surface area contributed by atoms with Crippen LogP contribution in [0.15, 0.2) is 35.7 Å². The first kappa shape index (κ1) is 19.3. The zero-order valence-electron chi connectivity index (χ0n) is 14.4. The monoisotopic (exact) mass is 422 g/mol. The Labute approximate surface area is 168 Å². The highest BCUT2D eigenvalue weighted by molar-refractivity contribution is 7.20. The van der Waals surface area contributed by atoms with Gasteiger partial charge in [0.1, 0.15) is 0 Å². The molecule has 0 fully saturated rings. The summed E-state index contributed by atoms with van der Waals surface area (Å²) in [6.45, 7) is 1.25. The Morgan fingerprint density at radius 2 is 2.04 bits per heavy atom. The molecule has 3 aromatic rings. The van der Waals surface area contributed by atoms with Crippen LogP contribution in [0.1, 0.15) is 17.3 Å². The Hall–Kier alpha value is -2.42. The predicted octanol–water partition coefficient (Wildman–Crippen LogP) is 4.75. The smallest absolute Gasteiger partial charge is 0.264 e. The second-order valence-corrected chi connectivity index (χ2v) is 7.97. The molecule has 140 valence electrons. The molecule has 6 nitrogen and oxygen atoms in total. The molecule has 0 radical (unpaired) electrons. The second-order valence-electron chi connectivity index (χ2n) is 5.40. The molecule has 0 saturated carbocycles. The molecule has 0 spiro atoms. The minimum Gasteiger partial charge on any atom is -0.493 e. The van der Waals surface area contributed by atoms with Crippen molar-refractivity contribution in [3.63, 3.8) is 0 Å². The van der Waals surface area contributed by atoms with E-state index in [0.717, 1.165) is 10.6 Å². The van der Waals surface area contributed by atoms with E-state index in [0.29, 0.717) is 26.5 Å². The zero-order chi connectivity index (χ0) is 19.4. The van der Waals surface area contributed by atoms with Crippen molar-refractivity contribution in [2.75, 3.05) is 19.0 Å². The van der Waals surface area contributed by atoms with E-state index in [1.165, 1.54) is 36.7 Å². The van der Waals surface area contributed by atoms with E-state index in [9.17, 15) is 9.59 Å². The predicted molar refractivity (Wildman–Crippen MR) is 108 cm³/mol. The van der Waals surface area contributed by atoms with Gasteiger partial charge in [0.25, 0.3) is 5.91 Å². The topological polar surface area (TPSA) is 77.5 Å². The van der Waals surface area contributed by atoms with E-state index in [1.54, 1.807) is 24.3 Å². The lowest BCUT2D eigenvalue weighted by molar-refractivity contribution is -0.118. The van der Waals surface area contributed by atoms with Crippen molar-refractivity contribution in [1.29, 1.82) is 0 Å². The van der Waals surface area contributed by atoms with Gasteiger partial charge in [0.2, 0.25) is 0 Å². The Kier molecular flexibility index (Phi) is 6.10. The summed E-state index contributed by atoms with van der Waals surface area (Å²) in [5.74, 6) is 0.342. The minimum atomic E-state index is -0.349. The summed E-state index contributed by atoms with van der Waals surface area (Å²) in [4.78, 5) is 28.9. The molecule has 0 aliphatic carbocycles. The molecule has 9 heteroatoms. The van der Waals surface area contributed by atoms with E-state index in [1.807, 2.05) is 11.4 Å². The van der Waals surface area contributed by atoms with Crippen molar-refractivity contribution in [2.24, 2.45) is 0 Å². The Morgan fingerprint density at radius 3 is 2.70 bits per heavy atom. The number of anilines is 1. The van der Waals surface area contributed by atoms with Crippen LogP contribution in [0.25, 0.3) is 10.6 Å². The van der Waals surface area contributed by atoms with Crippen LogP contribution in [0.4, 0.5) is 5.13 Å². The van der Waals surface area contributed by atoms with Crippen LogP contribution in [-0.4, -0.2) is 30.4 Å². The summed E-state index contributed by atoms with van der Waals surface area (Å²) in [5, 5.41) is 5.02. The number of nitrogens with one attached hydrogen (secondary N) is 1. The fraction of sp³-hybridized carbons (Fsp3) is 0.167. The van der Waals surface area contributed by atoms with Gasteiger partial charge in [-0.05, 0) is 37.3 Å². The lowest BCUT2D eigenvalue weighted by Gasteiger charge is -2.11. The third-order valence-corrected chi connectivity index (χ3v) is 5.52. The van der Waals surface area contributed by atoms with Crippen LogP contribution in [0.5, 0.6) is 11.5 Å². The fourth-order valence-electron chi connectivity index (χ4n) is 2.20. The molecule has 0 atom stereocenters. The summed E-state index contributed by atoms with van der Waals surface area (Å²) in [6.07, 6.45) is 0. The number of amides is 1. The third-order valence-electron chi connectivity index (χ3n) is 3.51. The lowest BCUT2D eigenvalue weighted by atomic mass is 10.1. The number of thiophene rings is 1. The van der Waals surface area contributed by atoms with Crippen molar-refractivity contribution in [2.45, 2.75) is 6.92 Å². The normalized spacial score (nSPS) is 10.5. The number of carbonyl (C=O) groups is 2. The number of ether oxygens (including phenoxy) is 2. The quantitative estimate of drug-likeness (QED) is 0.556. The molecule has 0 bridgehead atoms. The van der Waals surface area contributed by atoms with Gasteiger partial charge in [0.05, 0.1) is 22.0 Å². The average molecular weight is 423 g/mol. The van der Waals surface area contributed by atoms with Gasteiger partial charge in [-0.1, -0.05) is 11.6 Å². The van der Waals surface area contributed by atoms with E-state index in [2.05, 4.69) is 10.3 Å². The molecular formula is C18H15ClN2O4S2. The molecule has 1 aromatic carbocycles. The van der Waals surface area contributed by atoms with E-state index in [-0.39, 0.29) is 18.3 Å². The van der Waals surface area contributed by atoms with Gasteiger partial charge < -0.3 is 9.47 Å². The molecule has 27 heavy (non-hydrogen) atoms. The van der Waals surface area contributed by atoms with Gasteiger partial charge >= 0.3 is 0 Å². The summed E-state index contributed by atoms with van der Waals surface area (Å²) >= 11 is 8.67. The number of nitrogens with zero attached hydrogens (tertiary/aromatic N) is 1. The van der Waals surface area contributed by atoms with Gasteiger partial charge in [-0.3, -0.25) is 14.9 Å². The van der Waals surface area contributed by atoms with Crippen molar-refractivity contribution >= 4 is 51.1 Å². The molecular weight excluding hydrogens is 408 g/mol. The van der Waals surface area contributed by atoms with Crippen LogP contribution in [0.2, 0.25) is 4.34 Å². The molecule has 2 aromatic heterocycles. The Bertz CT molecular complexity index is 983. The number of aromatic nitrogens is 1. The molecule has 1 amide bonds. The van der Waals surface area contributed by atoms with Crippen LogP contribution >= 0.6 is 34.3 Å². The maximum Gasteiger partial charge on any atom is 0.264 e. The molecule has 0 aliphatic rings. The van der Waals surface area contributed by atoms with Crippen molar-refractivity contribution in [3.05, 3.63) is 45.6 Å². The molecule has 1 N–H and O–H groups in total. The first-order valence-corrected chi connectivity index (χ1v) is 9.86. The first-order chi connectivity index (χ1) is 13.0. The van der Waals surface area contributed by atoms with Crippen LogP contribution in [0, 0.1) is 0 Å². The van der Waals surface area contributed by atoms with E-state index >= 15 is 0 Å². The third kappa shape index (κ3) is 4.85. The van der Waals surface area contributed by atoms with Crippen molar-refractivity contribution in [1.82, 2.24) is 4.98 Å². The summed E-state index contributed by atoms with van der Waals surface area (Å²) < 4.78 is 11.4. The average Bonchev–Trinajstić information content (AvgIpc) is 3.28. The molecule has 0 aliphatic heterocycles. The van der Waals surface area contributed by atoms with Crippen LogP contribution in [0.3, 0.4) is 0 Å². The number of carbonyl (C=O) groups excluding carboxylic acids is 2. The number of Topliss-reactive ketones (excluding diaryl/α,β-unsaturated/α-hetero) is 1. The van der Waals surface area contributed by atoms with Gasteiger partial charge in [0.15, 0.2) is 29.0 Å². The number of halogens is 1. The summed E-state index contributed by atoms with van der Waals surface area (Å²) in [7, 11) is 1.47. The number of hydrogen-bond donors (Lipinski definition) is 1. The van der Waals surface area contributed by atoms with Gasteiger partial charge in [-0.2, -0.15) is 0 Å². The maximum atomic E-state index is 12.1. The number of benzene rings is 1. The Morgan fingerprint density at radius 1 is 1.22 bits per heavy atom. The van der Waals surface area contributed by atoms with Gasteiger partial charge in [-0.25, -0.2) is 4.98 Å². The van der Waals surface area contributed by atoms with E-state index < -0.39 is 0 Å². The SMILES string of the molecule is COc1cc(C(C)=O)ccc1OCC(=O)Nc1nc(-c2ccc(Cl)s2)cs1. The number of ketones is 1. The lowest BCUT2D eigenvalue weighted by Crippen LogP contribution is -2.20. The van der Waals surface area contributed by atoms with Crippen LogP contribution in [-0.2, 0) is 4.79 Å².